The zero-order valence-corrected chi connectivity index (χ0v) is 13.7. The van der Waals surface area contributed by atoms with Gasteiger partial charge in [0.05, 0.1) is 27.7 Å². The van der Waals surface area contributed by atoms with E-state index in [0.717, 1.165) is 12.5 Å². The SMILES string of the molecule is C[N+](C)(C)CCOP(=O)(O)OC[C@@H](CO/C=C\F)O/C=C\F. The number of nitrogens with zero attached hydrogens (tertiary/aromatic N) is 1. The number of halogens is 2. The number of phosphoric acid groups is 1. The van der Waals surface area contributed by atoms with Crippen LogP contribution in [0.4, 0.5) is 8.78 Å². The third-order valence-corrected chi connectivity index (χ3v) is 3.18. The molecule has 0 saturated carbocycles. The van der Waals surface area contributed by atoms with Crippen LogP contribution in [0.25, 0.3) is 0 Å². The summed E-state index contributed by atoms with van der Waals surface area (Å²) in [6.45, 7) is -0.0800. The smallest absolute Gasteiger partial charge is 0.472 e. The molecule has 0 aliphatic carbocycles. The summed E-state index contributed by atoms with van der Waals surface area (Å²) in [4.78, 5) is 9.50. The van der Waals surface area contributed by atoms with Crippen molar-refractivity contribution in [2.24, 2.45) is 0 Å². The highest BCUT2D eigenvalue weighted by molar-refractivity contribution is 7.47. The molecule has 0 spiro atoms. The first-order valence-electron chi connectivity index (χ1n) is 6.40. The van der Waals surface area contributed by atoms with Crippen LogP contribution in [0.2, 0.25) is 0 Å². The second kappa shape index (κ2) is 10.7. The lowest BCUT2D eigenvalue weighted by Crippen LogP contribution is -2.37. The Hall–Kier alpha value is -0.990. The van der Waals surface area contributed by atoms with Crippen LogP contribution in [-0.4, -0.2) is 63.0 Å². The van der Waals surface area contributed by atoms with Gasteiger partial charge in [0, 0.05) is 0 Å². The van der Waals surface area contributed by atoms with Gasteiger partial charge in [-0.25, -0.2) is 13.3 Å². The van der Waals surface area contributed by atoms with Gasteiger partial charge in [0.1, 0.15) is 44.9 Å². The summed E-state index contributed by atoms with van der Waals surface area (Å²) in [5, 5.41) is 0. The lowest BCUT2D eigenvalue weighted by atomic mass is 10.4. The van der Waals surface area contributed by atoms with E-state index in [4.69, 9.17) is 18.5 Å². The van der Waals surface area contributed by atoms with Gasteiger partial charge < -0.3 is 18.9 Å². The predicted octanol–water partition coefficient (Wildman–Crippen LogP) is 2.11. The van der Waals surface area contributed by atoms with Crippen molar-refractivity contribution in [2.75, 3.05) is 47.5 Å². The minimum absolute atomic E-state index is 0.0221. The molecule has 0 aliphatic rings. The highest BCUT2D eigenvalue weighted by Crippen LogP contribution is 2.43. The first-order valence-corrected chi connectivity index (χ1v) is 7.89. The number of quaternary nitrogens is 1. The standard InChI is InChI=1S/C12H22F2NO6P/c1-15(2,3)6-9-20-22(16,17)21-11-12(19-8-5-14)10-18-7-4-13/h4-5,7-8,12H,6,9-11H2,1-3H3/p+1/b7-4-,8-5-/t12-/m1/s1. The monoisotopic (exact) mass is 346 g/mol. The van der Waals surface area contributed by atoms with E-state index in [1.165, 1.54) is 0 Å². The molecule has 22 heavy (non-hydrogen) atoms. The topological polar surface area (TPSA) is 74.2 Å². The molecule has 0 rings (SSSR count). The first kappa shape index (κ1) is 21.0. The van der Waals surface area contributed by atoms with Gasteiger partial charge in [-0.2, -0.15) is 0 Å². The third-order valence-electron chi connectivity index (χ3n) is 2.19. The molecule has 7 nitrogen and oxygen atoms in total. The number of hydrogen-bond donors (Lipinski definition) is 1. The zero-order valence-electron chi connectivity index (χ0n) is 12.9. The summed E-state index contributed by atoms with van der Waals surface area (Å²) in [5.74, 6) is 0. The van der Waals surface area contributed by atoms with Crippen LogP contribution in [0.3, 0.4) is 0 Å². The van der Waals surface area contributed by atoms with Crippen molar-refractivity contribution in [2.45, 2.75) is 6.10 Å². The van der Waals surface area contributed by atoms with E-state index in [1.54, 1.807) is 0 Å². The van der Waals surface area contributed by atoms with Crippen molar-refractivity contribution in [3.8, 4) is 0 Å². The van der Waals surface area contributed by atoms with E-state index < -0.39 is 20.5 Å². The van der Waals surface area contributed by atoms with Crippen molar-refractivity contribution < 1.29 is 41.2 Å². The Bertz CT molecular complexity index is 400. The Morgan fingerprint density at radius 3 is 2.32 bits per heavy atom. The minimum atomic E-state index is -4.26. The van der Waals surface area contributed by atoms with Gasteiger partial charge in [-0.05, 0) is 0 Å². The predicted molar refractivity (Wildman–Crippen MR) is 75.9 cm³/mol. The molecule has 10 heteroatoms. The molecule has 130 valence electrons. The van der Waals surface area contributed by atoms with Gasteiger partial charge in [0.2, 0.25) is 0 Å². The van der Waals surface area contributed by atoms with Crippen LogP contribution in [0, 0.1) is 0 Å². The van der Waals surface area contributed by atoms with E-state index in [-0.39, 0.29) is 25.9 Å². The molecule has 1 unspecified atom stereocenters. The summed E-state index contributed by atoms with van der Waals surface area (Å²) in [6.07, 6.45) is 0.857. The van der Waals surface area contributed by atoms with Crippen LogP contribution < -0.4 is 0 Å². The van der Waals surface area contributed by atoms with Crippen LogP contribution in [0.1, 0.15) is 0 Å². The van der Waals surface area contributed by atoms with Crippen molar-refractivity contribution >= 4 is 7.82 Å². The molecule has 0 aromatic heterocycles. The second-order valence-electron chi connectivity index (χ2n) is 5.23. The van der Waals surface area contributed by atoms with E-state index >= 15 is 0 Å². The number of phosphoric ester groups is 1. The average molecular weight is 346 g/mol. The number of likely N-dealkylation sites (N-methyl/N-ethyl adjacent to an activating group) is 1. The van der Waals surface area contributed by atoms with Gasteiger partial charge in [0.15, 0.2) is 6.10 Å². The maximum atomic E-state index is 11.9. The molecule has 0 aromatic rings. The number of ether oxygens (including phenoxy) is 2. The van der Waals surface area contributed by atoms with Crippen LogP contribution >= 0.6 is 7.82 Å². The molecular weight excluding hydrogens is 323 g/mol. The Kier molecular flexibility index (Phi) is 10.2. The average Bonchev–Trinajstić information content (AvgIpc) is 2.39. The summed E-state index contributed by atoms with van der Waals surface area (Å²) in [6, 6.07) is 0. The van der Waals surface area contributed by atoms with E-state index in [2.05, 4.69) is 0 Å². The first-order chi connectivity index (χ1) is 10.2. The van der Waals surface area contributed by atoms with Gasteiger partial charge in [-0.15, -0.1) is 0 Å². The number of hydrogen-bond acceptors (Lipinski definition) is 5. The van der Waals surface area contributed by atoms with E-state index in [0.29, 0.717) is 11.0 Å². The normalized spacial score (nSPS) is 16.8. The summed E-state index contributed by atoms with van der Waals surface area (Å²) >= 11 is 0. The molecule has 0 saturated heterocycles. The maximum Gasteiger partial charge on any atom is 0.472 e. The van der Waals surface area contributed by atoms with Crippen LogP contribution in [0.15, 0.2) is 25.2 Å². The largest absolute Gasteiger partial charge is 0.495 e. The van der Waals surface area contributed by atoms with Gasteiger partial charge in [0.25, 0.3) is 0 Å². The third kappa shape index (κ3) is 12.7. The molecule has 0 aliphatic heterocycles. The summed E-state index contributed by atoms with van der Waals surface area (Å²) < 4.78 is 54.9. The Morgan fingerprint density at radius 1 is 1.14 bits per heavy atom. The van der Waals surface area contributed by atoms with Crippen LogP contribution in [0.5, 0.6) is 0 Å². The molecular formula is C12H23F2NO6P+. The van der Waals surface area contributed by atoms with Crippen molar-refractivity contribution in [3.63, 3.8) is 0 Å². The lowest BCUT2D eigenvalue weighted by molar-refractivity contribution is -0.870. The van der Waals surface area contributed by atoms with Crippen molar-refractivity contribution in [1.82, 2.24) is 0 Å². The highest BCUT2D eigenvalue weighted by Gasteiger charge is 2.25. The van der Waals surface area contributed by atoms with E-state index in [1.807, 2.05) is 21.1 Å². The fourth-order valence-electron chi connectivity index (χ4n) is 1.11. The zero-order chi connectivity index (χ0) is 17.1. The molecule has 0 amide bonds. The quantitative estimate of drug-likeness (QED) is 0.331. The molecule has 0 aromatic carbocycles. The fourth-order valence-corrected chi connectivity index (χ4v) is 1.85. The second-order valence-corrected chi connectivity index (χ2v) is 6.68. The van der Waals surface area contributed by atoms with Gasteiger partial charge in [-0.1, -0.05) is 0 Å². The summed E-state index contributed by atoms with van der Waals surface area (Å²) in [7, 11) is 1.44. The molecule has 0 bridgehead atoms. The van der Waals surface area contributed by atoms with Gasteiger partial charge >= 0.3 is 7.82 Å². The molecule has 0 radical (unpaired) electrons. The highest BCUT2D eigenvalue weighted by atomic mass is 31.2. The van der Waals surface area contributed by atoms with Crippen molar-refractivity contribution in [1.29, 1.82) is 0 Å². The Balaban J connectivity index is 4.26. The number of rotatable bonds is 12. The molecule has 2 atom stereocenters. The Morgan fingerprint density at radius 2 is 1.77 bits per heavy atom. The lowest BCUT2D eigenvalue weighted by Gasteiger charge is -2.24. The molecule has 0 fully saturated rings. The minimum Gasteiger partial charge on any atom is -0.495 e. The van der Waals surface area contributed by atoms with Crippen molar-refractivity contribution in [3.05, 3.63) is 25.2 Å². The molecule has 1 N–H and O–H groups in total. The fraction of sp³-hybridized carbons (Fsp3) is 0.667. The van der Waals surface area contributed by atoms with Gasteiger partial charge in [-0.3, -0.25) is 9.05 Å². The van der Waals surface area contributed by atoms with E-state index in [9.17, 15) is 18.2 Å². The van der Waals surface area contributed by atoms with Crippen LogP contribution in [-0.2, 0) is 23.1 Å². The summed E-state index contributed by atoms with van der Waals surface area (Å²) in [5.41, 5.74) is 0. The molecule has 0 heterocycles. The Labute approximate surface area is 128 Å². The maximum absolute atomic E-state index is 11.9.